The van der Waals surface area contributed by atoms with Gasteiger partial charge in [-0.15, -0.1) is 0 Å². The average Bonchev–Trinajstić information content (AvgIpc) is 2.38. The second-order valence-electron chi connectivity index (χ2n) is 5.03. The molecule has 0 aliphatic rings. The van der Waals surface area contributed by atoms with Gasteiger partial charge in [-0.3, -0.25) is 4.79 Å². The highest BCUT2D eigenvalue weighted by atomic mass is 32.2. The summed E-state index contributed by atoms with van der Waals surface area (Å²) in [6, 6.07) is 5.98. The van der Waals surface area contributed by atoms with Crippen LogP contribution in [-0.4, -0.2) is 26.9 Å². The second-order valence-corrected chi connectivity index (χ2v) is 6.80. The van der Waals surface area contributed by atoms with Crippen LogP contribution in [0.2, 0.25) is 0 Å². The molecule has 2 N–H and O–H groups in total. The van der Waals surface area contributed by atoms with Crippen LogP contribution in [0, 0.1) is 5.92 Å². The Kier molecular flexibility index (Phi) is 5.71. The van der Waals surface area contributed by atoms with Gasteiger partial charge >= 0.3 is 0 Å². The van der Waals surface area contributed by atoms with Crippen molar-refractivity contribution in [3.63, 3.8) is 0 Å². The molecule has 0 heterocycles. The third kappa shape index (κ3) is 4.31. The van der Waals surface area contributed by atoms with Crippen molar-refractivity contribution in [1.82, 2.24) is 10.0 Å². The largest absolute Gasteiger partial charge is 0.349 e. The Morgan fingerprint density at radius 3 is 2.15 bits per heavy atom. The van der Waals surface area contributed by atoms with E-state index in [-0.39, 0.29) is 16.8 Å². The lowest BCUT2D eigenvalue weighted by Crippen LogP contribution is -2.36. The monoisotopic (exact) mass is 298 g/mol. The highest BCUT2D eigenvalue weighted by Crippen LogP contribution is 2.11. The molecule has 0 saturated carbocycles. The SMILES string of the molecule is CCNS(=O)(=O)c1ccc(C(=O)NC(C)C(C)C)cc1. The van der Waals surface area contributed by atoms with Gasteiger partial charge in [-0.2, -0.15) is 0 Å². The fourth-order valence-corrected chi connectivity index (χ4v) is 2.56. The maximum Gasteiger partial charge on any atom is 0.251 e. The molecule has 0 saturated heterocycles. The number of benzene rings is 1. The molecule has 1 aromatic rings. The van der Waals surface area contributed by atoms with Gasteiger partial charge in [-0.25, -0.2) is 13.1 Å². The molecule has 1 amide bonds. The third-order valence-electron chi connectivity index (χ3n) is 3.12. The van der Waals surface area contributed by atoms with Crippen LogP contribution in [0.4, 0.5) is 0 Å². The topological polar surface area (TPSA) is 75.3 Å². The minimum absolute atomic E-state index is 0.0627. The summed E-state index contributed by atoms with van der Waals surface area (Å²) < 4.78 is 25.9. The molecule has 6 heteroatoms. The highest BCUT2D eigenvalue weighted by molar-refractivity contribution is 7.89. The van der Waals surface area contributed by atoms with Gasteiger partial charge in [0, 0.05) is 18.2 Å². The number of carbonyl (C=O) groups is 1. The molecule has 0 aromatic heterocycles. The predicted molar refractivity (Wildman–Crippen MR) is 79.1 cm³/mol. The lowest BCUT2D eigenvalue weighted by Gasteiger charge is -2.17. The summed E-state index contributed by atoms with van der Waals surface area (Å²) in [5.41, 5.74) is 0.452. The Morgan fingerprint density at radius 1 is 1.15 bits per heavy atom. The molecule has 1 unspecified atom stereocenters. The van der Waals surface area contributed by atoms with E-state index in [4.69, 9.17) is 0 Å². The van der Waals surface area contributed by atoms with Crippen molar-refractivity contribution >= 4 is 15.9 Å². The van der Waals surface area contributed by atoms with E-state index in [0.29, 0.717) is 18.0 Å². The van der Waals surface area contributed by atoms with Crippen LogP contribution in [-0.2, 0) is 10.0 Å². The molecule has 20 heavy (non-hydrogen) atoms. The Morgan fingerprint density at radius 2 is 1.70 bits per heavy atom. The van der Waals surface area contributed by atoms with E-state index in [9.17, 15) is 13.2 Å². The Hall–Kier alpha value is -1.40. The maximum atomic E-state index is 12.0. The first-order chi connectivity index (χ1) is 9.27. The molecule has 1 atom stereocenters. The van der Waals surface area contributed by atoms with Crippen LogP contribution >= 0.6 is 0 Å². The molecule has 1 aromatic carbocycles. The molecule has 5 nitrogen and oxygen atoms in total. The van der Waals surface area contributed by atoms with Crippen molar-refractivity contribution in [3.8, 4) is 0 Å². The van der Waals surface area contributed by atoms with Gasteiger partial charge in [-0.05, 0) is 37.1 Å². The summed E-state index contributed by atoms with van der Waals surface area (Å²) in [6.07, 6.45) is 0. The van der Waals surface area contributed by atoms with E-state index >= 15 is 0 Å². The lowest BCUT2D eigenvalue weighted by atomic mass is 10.1. The van der Waals surface area contributed by atoms with E-state index in [2.05, 4.69) is 10.0 Å². The zero-order valence-corrected chi connectivity index (χ0v) is 13.1. The van der Waals surface area contributed by atoms with Crippen molar-refractivity contribution in [2.75, 3.05) is 6.54 Å². The lowest BCUT2D eigenvalue weighted by molar-refractivity contribution is 0.0930. The van der Waals surface area contributed by atoms with Gasteiger partial charge in [-0.1, -0.05) is 20.8 Å². The number of amides is 1. The molecule has 0 aliphatic heterocycles. The van der Waals surface area contributed by atoms with Crippen LogP contribution in [0.3, 0.4) is 0 Å². The standard InChI is InChI=1S/C14H22N2O3S/c1-5-15-20(18,19)13-8-6-12(7-9-13)14(17)16-11(4)10(2)3/h6-11,15H,5H2,1-4H3,(H,16,17). The number of nitrogens with one attached hydrogen (secondary N) is 2. The maximum absolute atomic E-state index is 12.0. The average molecular weight is 298 g/mol. The first kappa shape index (κ1) is 16.7. The summed E-state index contributed by atoms with van der Waals surface area (Å²) >= 11 is 0. The van der Waals surface area contributed by atoms with Crippen LogP contribution in [0.15, 0.2) is 29.2 Å². The minimum Gasteiger partial charge on any atom is -0.349 e. The van der Waals surface area contributed by atoms with Gasteiger partial charge in [0.2, 0.25) is 10.0 Å². The fraction of sp³-hybridized carbons (Fsp3) is 0.500. The van der Waals surface area contributed by atoms with Crippen molar-refractivity contribution in [3.05, 3.63) is 29.8 Å². The van der Waals surface area contributed by atoms with Crippen LogP contribution < -0.4 is 10.0 Å². The van der Waals surface area contributed by atoms with Gasteiger partial charge < -0.3 is 5.32 Å². The smallest absolute Gasteiger partial charge is 0.251 e. The Balaban J connectivity index is 2.84. The van der Waals surface area contributed by atoms with Crippen molar-refractivity contribution in [2.24, 2.45) is 5.92 Å². The highest BCUT2D eigenvalue weighted by Gasteiger charge is 2.15. The molecule has 0 radical (unpaired) electrons. The van der Waals surface area contributed by atoms with Crippen LogP contribution in [0.5, 0.6) is 0 Å². The fourth-order valence-electron chi connectivity index (χ4n) is 1.52. The summed E-state index contributed by atoms with van der Waals surface area (Å²) in [5, 5.41) is 2.87. The predicted octanol–water partition coefficient (Wildman–Crippen LogP) is 1.76. The number of hydrogen-bond donors (Lipinski definition) is 2. The van der Waals surface area contributed by atoms with Crippen molar-refractivity contribution in [1.29, 1.82) is 0 Å². The molecule has 0 fully saturated rings. The molecule has 0 bridgehead atoms. The van der Waals surface area contributed by atoms with Gasteiger partial charge in [0.05, 0.1) is 4.90 Å². The third-order valence-corrected chi connectivity index (χ3v) is 4.68. The minimum atomic E-state index is -3.47. The van der Waals surface area contributed by atoms with E-state index in [1.54, 1.807) is 6.92 Å². The van der Waals surface area contributed by atoms with E-state index in [1.807, 2.05) is 20.8 Å². The van der Waals surface area contributed by atoms with E-state index < -0.39 is 10.0 Å². The first-order valence-electron chi connectivity index (χ1n) is 6.68. The summed E-state index contributed by atoms with van der Waals surface area (Å²) in [5.74, 6) is 0.144. The zero-order chi connectivity index (χ0) is 15.3. The molecule has 0 spiro atoms. The molecular weight excluding hydrogens is 276 g/mol. The molecule has 0 aliphatic carbocycles. The van der Waals surface area contributed by atoms with Crippen molar-refractivity contribution in [2.45, 2.75) is 38.6 Å². The number of carbonyl (C=O) groups excluding carboxylic acids is 1. The number of sulfonamides is 1. The molecule has 112 valence electrons. The van der Waals surface area contributed by atoms with E-state index in [0.717, 1.165) is 0 Å². The van der Waals surface area contributed by atoms with E-state index in [1.165, 1.54) is 24.3 Å². The number of rotatable bonds is 6. The summed E-state index contributed by atoms with van der Waals surface area (Å²) in [7, 11) is -3.47. The van der Waals surface area contributed by atoms with Crippen molar-refractivity contribution < 1.29 is 13.2 Å². The Bertz CT molecular complexity index is 550. The second kappa shape index (κ2) is 6.85. The van der Waals surface area contributed by atoms with Crippen LogP contribution in [0.1, 0.15) is 38.1 Å². The zero-order valence-electron chi connectivity index (χ0n) is 12.3. The quantitative estimate of drug-likeness (QED) is 0.840. The molecule has 1 rings (SSSR count). The normalized spacial score (nSPS) is 13.2. The van der Waals surface area contributed by atoms with Gasteiger partial charge in [0.1, 0.15) is 0 Å². The molecular formula is C14H22N2O3S. The first-order valence-corrected chi connectivity index (χ1v) is 8.16. The summed E-state index contributed by atoms with van der Waals surface area (Å²) in [4.78, 5) is 12.1. The van der Waals surface area contributed by atoms with Crippen LogP contribution in [0.25, 0.3) is 0 Å². The number of hydrogen-bond acceptors (Lipinski definition) is 3. The van der Waals surface area contributed by atoms with Gasteiger partial charge in [0.25, 0.3) is 5.91 Å². The Labute approximate surface area is 120 Å². The van der Waals surface area contributed by atoms with Gasteiger partial charge in [0.15, 0.2) is 0 Å². The summed E-state index contributed by atoms with van der Waals surface area (Å²) in [6.45, 7) is 8.03.